The number of carbonyl (C=O) groups is 2. The van der Waals surface area contributed by atoms with E-state index in [0.29, 0.717) is 19.3 Å². The van der Waals surface area contributed by atoms with Gasteiger partial charge in [0.1, 0.15) is 6.10 Å². The van der Waals surface area contributed by atoms with Crippen LogP contribution >= 0.6 is 0 Å². The second kappa shape index (κ2) is 52.8. The minimum absolute atomic E-state index is 0.0678. The van der Waals surface area contributed by atoms with Crippen molar-refractivity contribution in [1.29, 1.82) is 0 Å². The van der Waals surface area contributed by atoms with Crippen LogP contribution in [0.1, 0.15) is 290 Å². The molecule has 0 aromatic heterocycles. The summed E-state index contributed by atoms with van der Waals surface area (Å²) in [6.45, 7) is 6.39. The average molecular weight is 913 g/mol. The largest absolute Gasteiger partial charge is 0.462 e. The molecule has 0 saturated carbocycles. The molecule has 0 aliphatic rings. The normalized spacial score (nSPS) is 13.5. The van der Waals surface area contributed by atoms with Crippen LogP contribution in [0.15, 0.2) is 48.6 Å². The molecule has 6 nitrogen and oxygen atoms in total. The van der Waals surface area contributed by atoms with Crippen LogP contribution in [0.3, 0.4) is 0 Å². The van der Waals surface area contributed by atoms with Crippen LogP contribution in [0.5, 0.6) is 0 Å². The van der Waals surface area contributed by atoms with Gasteiger partial charge < -0.3 is 20.3 Å². The maximum atomic E-state index is 13.3. The molecule has 0 aliphatic heterocycles. The fourth-order valence-corrected chi connectivity index (χ4v) is 8.66. The molecule has 6 heteroatoms. The first-order valence-electron chi connectivity index (χ1n) is 28.4. The molecule has 0 aliphatic carbocycles. The lowest BCUT2D eigenvalue weighted by molar-refractivity contribution is -0.151. The van der Waals surface area contributed by atoms with Gasteiger partial charge in [-0.3, -0.25) is 9.59 Å². The van der Waals surface area contributed by atoms with E-state index < -0.39 is 18.2 Å². The van der Waals surface area contributed by atoms with E-state index >= 15 is 0 Å². The Balaban J connectivity index is 4.60. The molecule has 0 saturated heterocycles. The third-order valence-electron chi connectivity index (χ3n) is 12.9. The van der Waals surface area contributed by atoms with Crippen molar-refractivity contribution in [2.24, 2.45) is 0 Å². The maximum absolute atomic E-state index is 13.3. The molecule has 3 unspecified atom stereocenters. The number of aliphatic hydroxyl groups excluding tert-OH is 2. The molecule has 0 spiro atoms. The molecule has 65 heavy (non-hydrogen) atoms. The molecule has 0 fully saturated rings. The van der Waals surface area contributed by atoms with Gasteiger partial charge in [-0.15, -0.1) is 0 Å². The van der Waals surface area contributed by atoms with Crippen LogP contribution in [0.2, 0.25) is 0 Å². The Kier molecular flexibility index (Phi) is 51.0. The highest BCUT2D eigenvalue weighted by Gasteiger charge is 2.24. The zero-order valence-corrected chi connectivity index (χ0v) is 43.4. The van der Waals surface area contributed by atoms with Gasteiger partial charge in [-0.25, -0.2) is 0 Å². The zero-order chi connectivity index (χ0) is 47.4. The van der Waals surface area contributed by atoms with E-state index in [1.54, 1.807) is 0 Å². The smallest absolute Gasteiger partial charge is 0.306 e. The summed E-state index contributed by atoms with van der Waals surface area (Å²) in [7, 11) is 0. The number of rotatable bonds is 51. The molecule has 0 radical (unpaired) electrons. The van der Waals surface area contributed by atoms with Crippen molar-refractivity contribution >= 4 is 11.9 Å². The Hall–Kier alpha value is -2.18. The van der Waals surface area contributed by atoms with Gasteiger partial charge in [0, 0.05) is 6.42 Å². The number of amides is 1. The van der Waals surface area contributed by atoms with E-state index in [2.05, 4.69) is 74.7 Å². The van der Waals surface area contributed by atoms with Crippen molar-refractivity contribution in [3.05, 3.63) is 48.6 Å². The standard InChI is InChI=1S/C59H109NO5/c1-4-7-10-13-16-19-22-25-27-29-30-33-35-38-41-44-47-50-55(65-59(64)52-49-46-43-40-37-34-31-28-26-23-20-17-14-11-8-5-2)53-58(63)60-56(54-61)57(62)51-48-45-42-39-36-32-24-21-18-15-12-9-6-3/h8,11,17,20,26,28,34,37,55-57,61-62H,4-7,9-10,12-16,18-19,21-25,27,29-33,35-36,38-54H2,1-3H3,(H,60,63)/b11-8+,20-17+,28-26+,37-34+. The zero-order valence-electron chi connectivity index (χ0n) is 43.4. The first-order chi connectivity index (χ1) is 32.0. The summed E-state index contributed by atoms with van der Waals surface area (Å²) in [4.78, 5) is 26.2. The number of hydrogen-bond donors (Lipinski definition) is 3. The van der Waals surface area contributed by atoms with Crippen LogP contribution in [-0.4, -0.2) is 46.9 Å². The van der Waals surface area contributed by atoms with E-state index in [-0.39, 0.29) is 24.9 Å². The molecule has 0 aromatic rings. The SMILES string of the molecule is CC/C=C/C/C=C/C/C=C/C/C=C/CCCCCC(=O)OC(CCCCCCCCCCCCCCCCCCC)CC(=O)NC(CO)C(O)CCCCCCCCCCCCCCC. The summed E-state index contributed by atoms with van der Waals surface area (Å²) < 4.78 is 5.95. The third kappa shape index (κ3) is 48.1. The highest BCUT2D eigenvalue weighted by molar-refractivity contribution is 5.77. The summed E-state index contributed by atoms with van der Waals surface area (Å²) in [6.07, 6.45) is 64.6. The highest BCUT2D eigenvalue weighted by Crippen LogP contribution is 2.19. The van der Waals surface area contributed by atoms with Gasteiger partial charge in [0.25, 0.3) is 0 Å². The summed E-state index contributed by atoms with van der Waals surface area (Å²) in [5, 5.41) is 23.9. The van der Waals surface area contributed by atoms with Gasteiger partial charge in [-0.1, -0.05) is 262 Å². The second-order valence-corrected chi connectivity index (χ2v) is 19.3. The number of esters is 1. The third-order valence-corrected chi connectivity index (χ3v) is 12.9. The predicted octanol–water partition coefficient (Wildman–Crippen LogP) is 17.4. The lowest BCUT2D eigenvalue weighted by Crippen LogP contribution is -2.46. The fraction of sp³-hybridized carbons (Fsp3) is 0.831. The second-order valence-electron chi connectivity index (χ2n) is 19.3. The average Bonchev–Trinajstić information content (AvgIpc) is 3.30. The number of nitrogens with one attached hydrogen (secondary N) is 1. The Morgan fingerprint density at radius 1 is 0.462 bits per heavy atom. The lowest BCUT2D eigenvalue weighted by Gasteiger charge is -2.24. The quantitative estimate of drug-likeness (QED) is 0.0321. The minimum Gasteiger partial charge on any atom is -0.462 e. The first-order valence-corrected chi connectivity index (χ1v) is 28.4. The van der Waals surface area contributed by atoms with E-state index in [9.17, 15) is 19.8 Å². The number of unbranched alkanes of at least 4 members (excludes halogenated alkanes) is 31. The van der Waals surface area contributed by atoms with Gasteiger partial charge in [0.05, 0.1) is 25.2 Å². The molecular weight excluding hydrogens is 803 g/mol. The van der Waals surface area contributed by atoms with Crippen LogP contribution in [0.25, 0.3) is 0 Å². The molecule has 380 valence electrons. The van der Waals surface area contributed by atoms with E-state index in [1.807, 2.05) is 0 Å². The minimum atomic E-state index is -0.792. The van der Waals surface area contributed by atoms with E-state index in [4.69, 9.17) is 4.74 Å². The Morgan fingerprint density at radius 3 is 1.25 bits per heavy atom. The number of aliphatic hydroxyl groups is 2. The van der Waals surface area contributed by atoms with Gasteiger partial charge >= 0.3 is 5.97 Å². The van der Waals surface area contributed by atoms with Crippen LogP contribution in [0.4, 0.5) is 0 Å². The first kappa shape index (κ1) is 62.8. The topological polar surface area (TPSA) is 95.9 Å². The predicted molar refractivity (Wildman–Crippen MR) is 282 cm³/mol. The molecule has 0 bridgehead atoms. The Bertz CT molecular complexity index is 1110. The number of ether oxygens (including phenoxy) is 1. The van der Waals surface area contributed by atoms with Crippen LogP contribution in [0, 0.1) is 0 Å². The fourth-order valence-electron chi connectivity index (χ4n) is 8.66. The number of carbonyl (C=O) groups excluding carboxylic acids is 2. The van der Waals surface area contributed by atoms with Gasteiger partial charge in [-0.2, -0.15) is 0 Å². The van der Waals surface area contributed by atoms with Crippen molar-refractivity contribution in [2.45, 2.75) is 309 Å². The number of allylic oxidation sites excluding steroid dienone is 8. The maximum Gasteiger partial charge on any atom is 0.306 e. The van der Waals surface area contributed by atoms with Crippen molar-refractivity contribution in [3.8, 4) is 0 Å². The molecule has 1 amide bonds. The summed E-state index contributed by atoms with van der Waals surface area (Å²) in [5.74, 6) is -0.497. The molecule has 0 heterocycles. The monoisotopic (exact) mass is 912 g/mol. The lowest BCUT2D eigenvalue weighted by atomic mass is 10.0. The molecule has 3 atom stereocenters. The van der Waals surface area contributed by atoms with Crippen molar-refractivity contribution in [2.75, 3.05) is 6.61 Å². The van der Waals surface area contributed by atoms with Gasteiger partial charge in [0.15, 0.2) is 0 Å². The molecule has 0 aromatic carbocycles. The molecular formula is C59H109NO5. The van der Waals surface area contributed by atoms with Crippen molar-refractivity contribution in [3.63, 3.8) is 0 Å². The summed E-state index contributed by atoms with van der Waals surface area (Å²) >= 11 is 0. The number of hydrogen-bond acceptors (Lipinski definition) is 5. The van der Waals surface area contributed by atoms with Crippen LogP contribution < -0.4 is 5.32 Å². The van der Waals surface area contributed by atoms with Crippen molar-refractivity contribution < 1.29 is 24.5 Å². The molecule has 0 rings (SSSR count). The van der Waals surface area contributed by atoms with Crippen molar-refractivity contribution in [1.82, 2.24) is 5.32 Å². The van der Waals surface area contributed by atoms with E-state index in [0.717, 1.165) is 83.5 Å². The summed E-state index contributed by atoms with van der Waals surface area (Å²) in [6, 6.07) is -0.707. The Morgan fingerprint density at radius 2 is 0.831 bits per heavy atom. The highest BCUT2D eigenvalue weighted by atomic mass is 16.5. The summed E-state index contributed by atoms with van der Waals surface area (Å²) in [5.41, 5.74) is 0. The molecule has 3 N–H and O–H groups in total. The van der Waals surface area contributed by atoms with Crippen LogP contribution in [-0.2, 0) is 14.3 Å². The van der Waals surface area contributed by atoms with Gasteiger partial charge in [-0.05, 0) is 64.2 Å². The van der Waals surface area contributed by atoms with E-state index in [1.165, 1.54) is 161 Å². The Labute approximate surface area is 404 Å². The van der Waals surface area contributed by atoms with Gasteiger partial charge in [0.2, 0.25) is 5.91 Å².